The number of aromatic nitrogens is 2. The summed E-state index contributed by atoms with van der Waals surface area (Å²) in [4.78, 5) is 4.40. The third-order valence-corrected chi connectivity index (χ3v) is 3.09. The van der Waals surface area contributed by atoms with E-state index < -0.39 is 0 Å². The van der Waals surface area contributed by atoms with Crippen LogP contribution in [0.1, 0.15) is 36.0 Å². The van der Waals surface area contributed by atoms with Gasteiger partial charge < -0.3 is 10.3 Å². The van der Waals surface area contributed by atoms with Gasteiger partial charge in [0.1, 0.15) is 0 Å². The fraction of sp³-hybridized carbons (Fsp3) is 0.385. The molecule has 0 bridgehead atoms. The Bertz CT molecular complexity index is 517. The molecule has 2 N–H and O–H groups in total. The minimum Gasteiger partial charge on any atom is -0.399 e. The van der Waals surface area contributed by atoms with E-state index in [1.807, 2.05) is 24.3 Å². The summed E-state index contributed by atoms with van der Waals surface area (Å²) < 4.78 is 5.23. The molecule has 0 spiro atoms. The van der Waals surface area contributed by atoms with E-state index in [1.165, 1.54) is 12.8 Å². The monoisotopic (exact) mass is 229 g/mol. The summed E-state index contributed by atoms with van der Waals surface area (Å²) in [5.41, 5.74) is 7.85. The van der Waals surface area contributed by atoms with Crippen molar-refractivity contribution < 1.29 is 4.52 Å². The summed E-state index contributed by atoms with van der Waals surface area (Å²) in [7, 11) is 0. The van der Waals surface area contributed by atoms with E-state index in [0.717, 1.165) is 35.8 Å². The van der Waals surface area contributed by atoms with E-state index in [4.69, 9.17) is 10.3 Å². The van der Waals surface area contributed by atoms with Crippen LogP contribution in [0.5, 0.6) is 0 Å². The van der Waals surface area contributed by atoms with E-state index >= 15 is 0 Å². The largest absolute Gasteiger partial charge is 0.399 e. The average Bonchev–Trinajstić information content (AvgIpc) is 3.08. The summed E-state index contributed by atoms with van der Waals surface area (Å²) in [5.74, 6) is 2.14. The zero-order valence-corrected chi connectivity index (χ0v) is 9.60. The van der Waals surface area contributed by atoms with Crippen LogP contribution in [0.2, 0.25) is 0 Å². The third kappa shape index (κ3) is 2.30. The first-order chi connectivity index (χ1) is 8.33. The lowest BCUT2D eigenvalue weighted by Gasteiger charge is -2.02. The number of nitrogens with two attached hydrogens (primary N) is 1. The standard InChI is InChI=1S/C13H15N3O/c14-11-4-2-1-3-9(11)7-8-12-15-13(16-17-12)10-5-6-10/h1-4,10H,5-8,14H2. The highest BCUT2D eigenvalue weighted by Gasteiger charge is 2.28. The summed E-state index contributed by atoms with van der Waals surface area (Å²) >= 11 is 0. The molecule has 1 aliphatic rings. The Morgan fingerprint density at radius 1 is 1.24 bits per heavy atom. The SMILES string of the molecule is Nc1ccccc1CCc1nc(C2CC2)no1. The topological polar surface area (TPSA) is 64.9 Å². The van der Waals surface area contributed by atoms with E-state index in [1.54, 1.807) is 0 Å². The van der Waals surface area contributed by atoms with E-state index in [9.17, 15) is 0 Å². The predicted octanol–water partition coefficient (Wildman–Crippen LogP) is 2.31. The molecule has 1 fully saturated rings. The van der Waals surface area contributed by atoms with Gasteiger partial charge in [-0.25, -0.2) is 0 Å². The average molecular weight is 229 g/mol. The van der Waals surface area contributed by atoms with Gasteiger partial charge in [-0.15, -0.1) is 0 Å². The summed E-state index contributed by atoms with van der Waals surface area (Å²) in [6, 6.07) is 7.89. The molecule has 2 aromatic rings. The van der Waals surface area contributed by atoms with Crippen LogP contribution in [0.3, 0.4) is 0 Å². The van der Waals surface area contributed by atoms with Crippen LogP contribution in [0.4, 0.5) is 5.69 Å². The molecule has 88 valence electrons. The van der Waals surface area contributed by atoms with Crippen LogP contribution >= 0.6 is 0 Å². The number of para-hydroxylation sites is 1. The first-order valence-corrected chi connectivity index (χ1v) is 5.99. The lowest BCUT2D eigenvalue weighted by atomic mass is 10.1. The van der Waals surface area contributed by atoms with Gasteiger partial charge in [0.15, 0.2) is 5.82 Å². The molecule has 4 nitrogen and oxygen atoms in total. The van der Waals surface area contributed by atoms with Crippen molar-refractivity contribution in [1.82, 2.24) is 10.1 Å². The molecule has 4 heteroatoms. The van der Waals surface area contributed by atoms with E-state index in [-0.39, 0.29) is 0 Å². The van der Waals surface area contributed by atoms with Gasteiger partial charge in [-0.1, -0.05) is 23.4 Å². The Balaban J connectivity index is 1.65. The lowest BCUT2D eigenvalue weighted by molar-refractivity contribution is 0.373. The number of nitrogen functional groups attached to an aromatic ring is 1. The highest BCUT2D eigenvalue weighted by molar-refractivity contribution is 5.46. The quantitative estimate of drug-likeness (QED) is 0.817. The van der Waals surface area contributed by atoms with Crippen molar-refractivity contribution in [3.05, 3.63) is 41.5 Å². The van der Waals surface area contributed by atoms with Gasteiger partial charge in [-0.3, -0.25) is 0 Å². The fourth-order valence-corrected chi connectivity index (χ4v) is 1.88. The third-order valence-electron chi connectivity index (χ3n) is 3.09. The molecular weight excluding hydrogens is 214 g/mol. The smallest absolute Gasteiger partial charge is 0.226 e. The van der Waals surface area contributed by atoms with Crippen molar-refractivity contribution in [2.75, 3.05) is 5.73 Å². The molecule has 0 amide bonds. The van der Waals surface area contributed by atoms with Crippen molar-refractivity contribution in [2.24, 2.45) is 0 Å². The predicted molar refractivity (Wildman–Crippen MR) is 64.5 cm³/mol. The minimum absolute atomic E-state index is 0.550. The molecule has 0 atom stereocenters. The second kappa shape index (κ2) is 4.20. The first-order valence-electron chi connectivity index (χ1n) is 5.99. The maximum absolute atomic E-state index is 5.88. The molecule has 1 aromatic carbocycles. The van der Waals surface area contributed by atoms with Gasteiger partial charge >= 0.3 is 0 Å². The van der Waals surface area contributed by atoms with Crippen LogP contribution in [0.15, 0.2) is 28.8 Å². The van der Waals surface area contributed by atoms with E-state index in [0.29, 0.717) is 5.92 Å². The number of anilines is 1. The molecule has 1 heterocycles. The number of benzene rings is 1. The van der Waals surface area contributed by atoms with Crippen LogP contribution in [0, 0.1) is 0 Å². The molecule has 3 rings (SSSR count). The van der Waals surface area contributed by atoms with Crippen LogP contribution in [-0.2, 0) is 12.8 Å². The van der Waals surface area contributed by atoms with Gasteiger partial charge in [0.2, 0.25) is 5.89 Å². The zero-order valence-electron chi connectivity index (χ0n) is 9.60. The molecule has 1 aromatic heterocycles. The van der Waals surface area contributed by atoms with Gasteiger partial charge in [-0.05, 0) is 30.9 Å². The minimum atomic E-state index is 0.550. The van der Waals surface area contributed by atoms with Gasteiger partial charge in [-0.2, -0.15) is 4.98 Å². The number of hydrogen-bond acceptors (Lipinski definition) is 4. The summed E-state index contributed by atoms with van der Waals surface area (Å²) in [6.07, 6.45) is 4.00. The summed E-state index contributed by atoms with van der Waals surface area (Å²) in [6.45, 7) is 0. The Labute approximate surface area is 99.8 Å². The fourth-order valence-electron chi connectivity index (χ4n) is 1.88. The lowest BCUT2D eigenvalue weighted by Crippen LogP contribution is -1.97. The first kappa shape index (κ1) is 10.3. The summed E-state index contributed by atoms with van der Waals surface area (Å²) in [5, 5.41) is 4.00. The highest BCUT2D eigenvalue weighted by Crippen LogP contribution is 2.38. The molecule has 0 saturated heterocycles. The Morgan fingerprint density at radius 2 is 2.06 bits per heavy atom. The Hall–Kier alpha value is -1.84. The van der Waals surface area contributed by atoms with Crippen molar-refractivity contribution >= 4 is 5.69 Å². The number of rotatable bonds is 4. The van der Waals surface area contributed by atoms with Gasteiger partial charge in [0, 0.05) is 18.0 Å². The molecular formula is C13H15N3O. The molecule has 1 aliphatic carbocycles. The van der Waals surface area contributed by atoms with E-state index in [2.05, 4.69) is 10.1 Å². The molecule has 17 heavy (non-hydrogen) atoms. The number of nitrogens with zero attached hydrogens (tertiary/aromatic N) is 2. The van der Waals surface area contributed by atoms with Crippen molar-refractivity contribution in [3.8, 4) is 0 Å². The Kier molecular flexibility index (Phi) is 2.55. The molecule has 0 unspecified atom stereocenters. The normalized spacial score (nSPS) is 15.1. The maximum Gasteiger partial charge on any atom is 0.226 e. The molecule has 0 aliphatic heterocycles. The second-order valence-electron chi connectivity index (χ2n) is 4.52. The van der Waals surface area contributed by atoms with Gasteiger partial charge in [0.25, 0.3) is 0 Å². The Morgan fingerprint density at radius 3 is 2.82 bits per heavy atom. The second-order valence-corrected chi connectivity index (χ2v) is 4.52. The van der Waals surface area contributed by atoms with Gasteiger partial charge in [0.05, 0.1) is 0 Å². The van der Waals surface area contributed by atoms with Crippen molar-refractivity contribution in [1.29, 1.82) is 0 Å². The number of aryl methyl sites for hydroxylation is 2. The zero-order chi connectivity index (χ0) is 11.7. The highest BCUT2D eigenvalue weighted by atomic mass is 16.5. The van der Waals surface area contributed by atoms with Crippen LogP contribution in [-0.4, -0.2) is 10.1 Å². The molecule has 0 radical (unpaired) electrons. The van der Waals surface area contributed by atoms with Crippen LogP contribution in [0.25, 0.3) is 0 Å². The molecule has 1 saturated carbocycles. The number of hydrogen-bond donors (Lipinski definition) is 1. The maximum atomic E-state index is 5.88. The van der Waals surface area contributed by atoms with Crippen molar-refractivity contribution in [2.45, 2.75) is 31.6 Å². The van der Waals surface area contributed by atoms with Crippen molar-refractivity contribution in [3.63, 3.8) is 0 Å². The van der Waals surface area contributed by atoms with Crippen LogP contribution < -0.4 is 5.73 Å².